The molecule has 0 bridgehead atoms. The summed E-state index contributed by atoms with van der Waals surface area (Å²) in [5.74, 6) is -2.18. The number of likely N-dealkylation sites (N-methyl/N-ethyl adjacent to an activating group) is 1. The maximum atomic E-state index is 11.6. The molecule has 7 heteroatoms. The Morgan fingerprint density at radius 2 is 2.00 bits per heavy atom. The number of rotatable bonds is 6. The van der Waals surface area contributed by atoms with Crippen LogP contribution >= 0.6 is 0 Å². The zero-order chi connectivity index (χ0) is 13.4. The maximum Gasteiger partial charge on any atom is 0.325 e. The van der Waals surface area contributed by atoms with E-state index in [4.69, 9.17) is 5.11 Å². The number of urea groups is 1. The molecule has 98 valence electrons. The lowest BCUT2D eigenvalue weighted by molar-refractivity contribution is -0.142. The van der Waals surface area contributed by atoms with Crippen molar-refractivity contribution >= 4 is 18.0 Å². The van der Waals surface area contributed by atoms with Gasteiger partial charge in [0, 0.05) is 13.1 Å². The first kappa shape index (κ1) is 15.2. The normalized spacial score (nSPS) is 11.5. The molecule has 1 atom stereocenters. The van der Waals surface area contributed by atoms with Crippen LogP contribution in [0.2, 0.25) is 0 Å². The number of carboxylic acids is 1. The fourth-order valence-electron chi connectivity index (χ4n) is 0.987. The fraction of sp³-hybridized carbons (Fsp3) is 0.700. The largest absolute Gasteiger partial charge is 0.481 e. The molecule has 0 fully saturated rings. The van der Waals surface area contributed by atoms with Crippen molar-refractivity contribution in [3.63, 3.8) is 0 Å². The highest BCUT2D eigenvalue weighted by molar-refractivity contribution is 5.81. The SMILES string of the molecule is CCN(CC(=O)OC)C(=O)NCC(C)C(=O)O. The monoisotopic (exact) mass is 246 g/mol. The lowest BCUT2D eigenvalue weighted by Crippen LogP contribution is -2.44. The third-order valence-corrected chi connectivity index (χ3v) is 2.20. The maximum absolute atomic E-state index is 11.6. The van der Waals surface area contributed by atoms with E-state index in [1.54, 1.807) is 6.92 Å². The molecular weight excluding hydrogens is 228 g/mol. The van der Waals surface area contributed by atoms with Crippen molar-refractivity contribution in [2.24, 2.45) is 5.92 Å². The Labute approximate surface area is 99.7 Å². The van der Waals surface area contributed by atoms with Crippen LogP contribution < -0.4 is 5.32 Å². The smallest absolute Gasteiger partial charge is 0.325 e. The molecule has 2 N–H and O–H groups in total. The lowest BCUT2D eigenvalue weighted by atomic mass is 10.2. The number of hydrogen-bond acceptors (Lipinski definition) is 4. The molecule has 0 saturated carbocycles. The van der Waals surface area contributed by atoms with E-state index in [-0.39, 0.29) is 13.1 Å². The molecule has 0 aliphatic rings. The van der Waals surface area contributed by atoms with Gasteiger partial charge in [-0.05, 0) is 6.92 Å². The first-order valence-electron chi connectivity index (χ1n) is 5.24. The number of nitrogens with zero attached hydrogens (tertiary/aromatic N) is 1. The van der Waals surface area contributed by atoms with Crippen molar-refractivity contribution in [1.82, 2.24) is 10.2 Å². The molecule has 0 aliphatic carbocycles. The molecule has 7 nitrogen and oxygen atoms in total. The average molecular weight is 246 g/mol. The quantitative estimate of drug-likeness (QED) is 0.639. The highest BCUT2D eigenvalue weighted by Gasteiger charge is 2.17. The van der Waals surface area contributed by atoms with Crippen LogP contribution in [0.25, 0.3) is 0 Å². The number of aliphatic carboxylic acids is 1. The van der Waals surface area contributed by atoms with Gasteiger partial charge < -0.3 is 20.1 Å². The van der Waals surface area contributed by atoms with E-state index in [1.807, 2.05) is 0 Å². The fourth-order valence-corrected chi connectivity index (χ4v) is 0.987. The van der Waals surface area contributed by atoms with E-state index in [2.05, 4.69) is 10.1 Å². The van der Waals surface area contributed by atoms with Gasteiger partial charge >= 0.3 is 18.0 Å². The number of methoxy groups -OCH3 is 1. The molecule has 0 aliphatic heterocycles. The highest BCUT2D eigenvalue weighted by atomic mass is 16.5. The first-order chi connectivity index (χ1) is 7.92. The van der Waals surface area contributed by atoms with Crippen LogP contribution in [0.4, 0.5) is 4.79 Å². The summed E-state index contributed by atoms with van der Waals surface area (Å²) in [5.41, 5.74) is 0. The van der Waals surface area contributed by atoms with Gasteiger partial charge in [-0.2, -0.15) is 0 Å². The zero-order valence-corrected chi connectivity index (χ0v) is 10.2. The summed E-state index contributed by atoms with van der Waals surface area (Å²) in [6.45, 7) is 3.40. The Bertz CT molecular complexity index is 292. The number of nitrogens with one attached hydrogen (secondary N) is 1. The molecule has 2 amide bonds. The summed E-state index contributed by atoms with van der Waals surface area (Å²) in [7, 11) is 1.24. The standard InChI is InChI=1S/C10H18N2O5/c1-4-12(6-8(13)17-3)10(16)11-5-7(2)9(14)15/h7H,4-6H2,1-3H3,(H,11,16)(H,14,15). The van der Waals surface area contributed by atoms with E-state index < -0.39 is 23.9 Å². The van der Waals surface area contributed by atoms with Crippen molar-refractivity contribution in [1.29, 1.82) is 0 Å². The van der Waals surface area contributed by atoms with Gasteiger partial charge in [-0.1, -0.05) is 6.92 Å². The second kappa shape index (κ2) is 7.48. The minimum absolute atomic E-state index is 0.0197. The topological polar surface area (TPSA) is 95.9 Å². The number of carbonyl (C=O) groups is 3. The highest BCUT2D eigenvalue weighted by Crippen LogP contribution is 1.95. The van der Waals surface area contributed by atoms with Gasteiger partial charge in [0.2, 0.25) is 0 Å². The molecule has 0 spiro atoms. The molecule has 0 aromatic heterocycles. The molecule has 0 aromatic rings. The second-order valence-electron chi connectivity index (χ2n) is 3.52. The minimum atomic E-state index is -0.985. The molecule has 0 heterocycles. The van der Waals surface area contributed by atoms with Crippen molar-refractivity contribution in [3.8, 4) is 0 Å². The van der Waals surface area contributed by atoms with Gasteiger partial charge in [0.05, 0.1) is 13.0 Å². The molecule has 0 aromatic carbocycles. The number of hydrogen-bond donors (Lipinski definition) is 2. The predicted molar refractivity (Wildman–Crippen MR) is 59.5 cm³/mol. The Morgan fingerprint density at radius 3 is 2.41 bits per heavy atom. The third-order valence-electron chi connectivity index (χ3n) is 2.20. The van der Waals surface area contributed by atoms with Crippen LogP contribution in [0, 0.1) is 5.92 Å². The Morgan fingerprint density at radius 1 is 1.41 bits per heavy atom. The van der Waals surface area contributed by atoms with Gasteiger partial charge in [-0.3, -0.25) is 9.59 Å². The summed E-state index contributed by atoms with van der Waals surface area (Å²) in [5, 5.41) is 11.1. The van der Waals surface area contributed by atoms with Gasteiger partial charge in [0.15, 0.2) is 0 Å². The number of esters is 1. The summed E-state index contributed by atoms with van der Waals surface area (Å²) in [6.07, 6.45) is 0. The summed E-state index contributed by atoms with van der Waals surface area (Å²) in [6, 6.07) is -0.481. The summed E-state index contributed by atoms with van der Waals surface area (Å²) in [4.78, 5) is 34.3. The van der Waals surface area contributed by atoms with Crippen LogP contribution in [0.3, 0.4) is 0 Å². The minimum Gasteiger partial charge on any atom is -0.481 e. The van der Waals surface area contributed by atoms with Crippen LogP contribution in [0.5, 0.6) is 0 Å². The third kappa shape index (κ3) is 5.74. The zero-order valence-electron chi connectivity index (χ0n) is 10.2. The van der Waals surface area contributed by atoms with Crippen molar-refractivity contribution in [2.75, 3.05) is 26.7 Å². The molecule has 0 rings (SSSR count). The van der Waals surface area contributed by atoms with E-state index in [9.17, 15) is 14.4 Å². The first-order valence-corrected chi connectivity index (χ1v) is 5.24. The molecule has 0 saturated heterocycles. The van der Waals surface area contributed by atoms with Gasteiger partial charge in [0.1, 0.15) is 6.54 Å². The van der Waals surface area contributed by atoms with E-state index >= 15 is 0 Å². The van der Waals surface area contributed by atoms with E-state index in [0.717, 1.165) is 0 Å². The van der Waals surface area contributed by atoms with Gasteiger partial charge in [0.25, 0.3) is 0 Å². The molecule has 0 radical (unpaired) electrons. The number of ether oxygens (including phenoxy) is 1. The molecular formula is C10H18N2O5. The van der Waals surface area contributed by atoms with Gasteiger partial charge in [-0.15, -0.1) is 0 Å². The number of carboxylic acid groups (broad SMARTS) is 1. The predicted octanol–water partition coefficient (Wildman–Crippen LogP) is -0.0884. The van der Waals surface area contributed by atoms with Crippen molar-refractivity contribution in [2.45, 2.75) is 13.8 Å². The Kier molecular flexibility index (Phi) is 6.69. The van der Waals surface area contributed by atoms with Crippen molar-refractivity contribution in [3.05, 3.63) is 0 Å². The van der Waals surface area contributed by atoms with Crippen LogP contribution in [0.15, 0.2) is 0 Å². The van der Waals surface area contributed by atoms with Crippen LogP contribution in [0.1, 0.15) is 13.8 Å². The van der Waals surface area contributed by atoms with Crippen LogP contribution in [-0.4, -0.2) is 54.7 Å². The molecule has 17 heavy (non-hydrogen) atoms. The van der Waals surface area contributed by atoms with Crippen LogP contribution in [-0.2, 0) is 14.3 Å². The lowest BCUT2D eigenvalue weighted by Gasteiger charge is -2.20. The average Bonchev–Trinajstić information content (AvgIpc) is 2.31. The van der Waals surface area contributed by atoms with Crippen molar-refractivity contribution < 1.29 is 24.2 Å². The van der Waals surface area contributed by atoms with E-state index in [0.29, 0.717) is 6.54 Å². The Hall–Kier alpha value is -1.79. The van der Waals surface area contributed by atoms with Gasteiger partial charge in [-0.25, -0.2) is 4.79 Å². The summed E-state index contributed by atoms with van der Waals surface area (Å²) < 4.78 is 4.44. The number of amides is 2. The van der Waals surface area contributed by atoms with E-state index in [1.165, 1.54) is 18.9 Å². The Balaban J connectivity index is 4.17. The second-order valence-corrected chi connectivity index (χ2v) is 3.52. The molecule has 1 unspecified atom stereocenters. The number of carbonyl (C=O) groups excluding carboxylic acids is 2. The summed E-state index contributed by atoms with van der Waals surface area (Å²) >= 11 is 0.